The Hall–Kier alpha value is -3.22. The number of nitrogens with one attached hydrogen (secondary N) is 1. The van der Waals surface area contributed by atoms with Crippen LogP contribution in [-0.4, -0.2) is 18.0 Å². The number of furan rings is 1. The maximum absolute atomic E-state index is 13.6. The quantitative estimate of drug-likeness (QED) is 0.637. The molecule has 1 amide bonds. The Bertz CT molecular complexity index is 1010. The minimum Gasteiger partial charge on any atom is -0.464 e. The van der Waals surface area contributed by atoms with Gasteiger partial charge in [-0.3, -0.25) is 9.59 Å². The van der Waals surface area contributed by atoms with Gasteiger partial charge in [-0.1, -0.05) is 25.1 Å². The minimum atomic E-state index is -1.23. The number of ether oxygens (including phenoxy) is 1. The molecule has 0 unspecified atom stereocenters. The van der Waals surface area contributed by atoms with Crippen molar-refractivity contribution in [3.05, 3.63) is 65.4 Å². The molecule has 28 heavy (non-hydrogen) atoms. The number of carbonyl (C=O) groups excluding carboxylic acids is 2. The third-order valence-corrected chi connectivity index (χ3v) is 4.35. The van der Waals surface area contributed by atoms with Crippen LogP contribution < -0.4 is 5.32 Å². The van der Waals surface area contributed by atoms with Crippen LogP contribution in [-0.2, 0) is 27.2 Å². The second-order valence-electron chi connectivity index (χ2n) is 6.34. The van der Waals surface area contributed by atoms with Crippen molar-refractivity contribution in [3.63, 3.8) is 0 Å². The molecule has 0 radical (unpaired) electrons. The van der Waals surface area contributed by atoms with E-state index in [1.807, 2.05) is 25.1 Å². The van der Waals surface area contributed by atoms with E-state index in [2.05, 4.69) is 5.32 Å². The molecule has 7 heteroatoms. The first kappa shape index (κ1) is 19.5. The number of hydrogen-bond acceptors (Lipinski definition) is 4. The fraction of sp³-hybridized carbons (Fsp3) is 0.238. The predicted octanol–water partition coefficient (Wildman–Crippen LogP) is 4.39. The molecule has 0 aliphatic rings. The van der Waals surface area contributed by atoms with Gasteiger partial charge in [0.25, 0.3) is 5.91 Å². The highest BCUT2D eigenvalue weighted by atomic mass is 19.1. The molecule has 0 saturated heterocycles. The topological polar surface area (TPSA) is 68.5 Å². The van der Waals surface area contributed by atoms with Crippen LogP contribution in [0.5, 0.6) is 0 Å². The summed E-state index contributed by atoms with van der Waals surface area (Å²) < 4.78 is 37.8. The number of anilines is 1. The first-order valence-corrected chi connectivity index (χ1v) is 8.82. The molecule has 0 spiro atoms. The summed E-state index contributed by atoms with van der Waals surface area (Å²) >= 11 is 0. The van der Waals surface area contributed by atoms with Gasteiger partial charge in [0, 0.05) is 10.9 Å². The van der Waals surface area contributed by atoms with E-state index >= 15 is 0 Å². The molecule has 146 valence electrons. The van der Waals surface area contributed by atoms with E-state index in [-0.39, 0.29) is 6.42 Å². The van der Waals surface area contributed by atoms with Crippen molar-refractivity contribution in [2.24, 2.45) is 0 Å². The largest absolute Gasteiger partial charge is 0.464 e. The molecule has 3 aromatic rings. The van der Waals surface area contributed by atoms with Crippen molar-refractivity contribution in [1.82, 2.24) is 0 Å². The summed E-state index contributed by atoms with van der Waals surface area (Å²) in [4.78, 5) is 24.3. The number of hydrogen-bond donors (Lipinski definition) is 1. The number of amides is 1. The molecule has 0 aliphatic heterocycles. The zero-order valence-electron chi connectivity index (χ0n) is 15.4. The number of esters is 1. The molecular formula is C21H19F2NO4. The first-order chi connectivity index (χ1) is 13.4. The summed E-state index contributed by atoms with van der Waals surface area (Å²) in [5.74, 6) is -3.31. The number of aryl methyl sites for hydroxylation is 1. The van der Waals surface area contributed by atoms with Crippen LogP contribution in [0.1, 0.15) is 25.0 Å². The van der Waals surface area contributed by atoms with Gasteiger partial charge in [-0.25, -0.2) is 8.78 Å². The maximum Gasteiger partial charge on any atom is 0.311 e. The highest BCUT2D eigenvalue weighted by molar-refractivity contribution is 5.95. The van der Waals surface area contributed by atoms with Gasteiger partial charge >= 0.3 is 5.97 Å². The zero-order chi connectivity index (χ0) is 20.3. The molecule has 1 aromatic heterocycles. The van der Waals surface area contributed by atoms with Crippen LogP contribution in [0.2, 0.25) is 0 Å². The van der Waals surface area contributed by atoms with Crippen LogP contribution in [0.4, 0.5) is 14.5 Å². The number of halogens is 2. The monoisotopic (exact) mass is 387 g/mol. The SMILES string of the molecule is CCc1ccc2c(CC(=O)O[C@@H](C)C(=O)Nc3c(F)cccc3F)coc2c1. The van der Waals surface area contributed by atoms with E-state index in [1.54, 1.807) is 0 Å². The van der Waals surface area contributed by atoms with Gasteiger partial charge in [0.2, 0.25) is 0 Å². The van der Waals surface area contributed by atoms with Gasteiger partial charge in [0.15, 0.2) is 6.10 Å². The molecule has 0 bridgehead atoms. The average Bonchev–Trinajstić information content (AvgIpc) is 3.06. The van der Waals surface area contributed by atoms with Crippen molar-refractivity contribution in [2.45, 2.75) is 32.8 Å². The smallest absolute Gasteiger partial charge is 0.311 e. The van der Waals surface area contributed by atoms with Crippen molar-refractivity contribution >= 4 is 28.5 Å². The molecule has 3 rings (SSSR count). The third-order valence-electron chi connectivity index (χ3n) is 4.35. The zero-order valence-corrected chi connectivity index (χ0v) is 15.4. The number of rotatable bonds is 6. The Labute approximate surface area is 160 Å². The lowest BCUT2D eigenvalue weighted by Crippen LogP contribution is -2.31. The molecule has 0 fully saturated rings. The van der Waals surface area contributed by atoms with Gasteiger partial charge in [-0.15, -0.1) is 0 Å². The Morgan fingerprint density at radius 3 is 2.57 bits per heavy atom. The van der Waals surface area contributed by atoms with E-state index in [0.717, 1.165) is 29.5 Å². The maximum atomic E-state index is 13.6. The van der Waals surface area contributed by atoms with E-state index in [4.69, 9.17) is 9.15 Å². The lowest BCUT2D eigenvalue weighted by atomic mass is 10.1. The number of carbonyl (C=O) groups is 2. The predicted molar refractivity (Wildman–Crippen MR) is 99.8 cm³/mol. The van der Waals surface area contributed by atoms with Crippen LogP contribution in [0, 0.1) is 11.6 Å². The third kappa shape index (κ3) is 4.19. The van der Waals surface area contributed by atoms with Gasteiger partial charge < -0.3 is 14.5 Å². The molecule has 2 aromatic carbocycles. The summed E-state index contributed by atoms with van der Waals surface area (Å²) in [5.41, 5.74) is 1.84. The van der Waals surface area contributed by atoms with Gasteiger partial charge in [-0.2, -0.15) is 0 Å². The fourth-order valence-electron chi connectivity index (χ4n) is 2.77. The second-order valence-corrected chi connectivity index (χ2v) is 6.34. The highest BCUT2D eigenvalue weighted by Crippen LogP contribution is 2.24. The van der Waals surface area contributed by atoms with Crippen molar-refractivity contribution < 1.29 is 27.5 Å². The average molecular weight is 387 g/mol. The van der Waals surface area contributed by atoms with Crippen molar-refractivity contribution in [3.8, 4) is 0 Å². The van der Waals surface area contributed by atoms with E-state index in [1.165, 1.54) is 19.3 Å². The summed E-state index contributed by atoms with van der Waals surface area (Å²) in [5, 5.41) is 2.89. The summed E-state index contributed by atoms with van der Waals surface area (Å²) in [6, 6.07) is 8.95. The molecule has 0 saturated carbocycles. The Morgan fingerprint density at radius 2 is 1.89 bits per heavy atom. The van der Waals surface area contributed by atoms with Gasteiger partial charge in [-0.05, 0) is 37.1 Å². The summed E-state index contributed by atoms with van der Waals surface area (Å²) in [6.45, 7) is 3.36. The van der Waals surface area contributed by atoms with E-state index < -0.39 is 35.3 Å². The van der Waals surface area contributed by atoms with E-state index in [9.17, 15) is 18.4 Å². The van der Waals surface area contributed by atoms with Crippen LogP contribution in [0.15, 0.2) is 47.1 Å². The molecule has 0 aliphatic carbocycles. The molecule has 1 N–H and O–H groups in total. The molecule has 5 nitrogen and oxygen atoms in total. The van der Waals surface area contributed by atoms with Gasteiger partial charge in [0.05, 0.1) is 12.7 Å². The fourth-order valence-corrected chi connectivity index (χ4v) is 2.77. The lowest BCUT2D eigenvalue weighted by Gasteiger charge is -2.14. The molecular weight excluding hydrogens is 368 g/mol. The van der Waals surface area contributed by atoms with Crippen LogP contribution in [0.3, 0.4) is 0 Å². The molecule has 1 heterocycles. The Morgan fingerprint density at radius 1 is 1.18 bits per heavy atom. The Kier molecular flexibility index (Phi) is 5.73. The Balaban J connectivity index is 1.63. The molecule has 1 atom stereocenters. The van der Waals surface area contributed by atoms with E-state index in [0.29, 0.717) is 11.1 Å². The van der Waals surface area contributed by atoms with Gasteiger partial charge in [0.1, 0.15) is 22.9 Å². The summed E-state index contributed by atoms with van der Waals surface area (Å²) in [7, 11) is 0. The van der Waals surface area contributed by atoms with Crippen molar-refractivity contribution in [1.29, 1.82) is 0 Å². The minimum absolute atomic E-state index is 0.0931. The first-order valence-electron chi connectivity index (χ1n) is 8.82. The number of fused-ring (bicyclic) bond motifs is 1. The normalized spacial score (nSPS) is 12.0. The van der Waals surface area contributed by atoms with Crippen LogP contribution >= 0.6 is 0 Å². The highest BCUT2D eigenvalue weighted by Gasteiger charge is 2.21. The lowest BCUT2D eigenvalue weighted by molar-refractivity contribution is -0.152. The second kappa shape index (κ2) is 8.21. The number of benzene rings is 2. The standard InChI is InChI=1S/C21H19F2NO4/c1-3-13-7-8-15-14(11-27-18(15)9-13)10-19(25)28-12(2)21(26)24-20-16(22)5-4-6-17(20)23/h4-9,11-12H,3,10H2,1-2H3,(H,24,26)/t12-/m0/s1. The van der Waals surface area contributed by atoms with Crippen LogP contribution in [0.25, 0.3) is 11.0 Å². The van der Waals surface area contributed by atoms with Crippen molar-refractivity contribution in [2.75, 3.05) is 5.32 Å². The summed E-state index contributed by atoms with van der Waals surface area (Å²) in [6.07, 6.45) is 1.02. The number of para-hydroxylation sites is 1.